The van der Waals surface area contributed by atoms with Crippen LogP contribution >= 0.6 is 27.5 Å². The Hall–Kier alpha value is -1.86. The third-order valence-corrected chi connectivity index (χ3v) is 12.2. The highest BCUT2D eigenvalue weighted by Crippen LogP contribution is 2.42. The van der Waals surface area contributed by atoms with Crippen molar-refractivity contribution < 1.29 is 18.9 Å². The van der Waals surface area contributed by atoms with E-state index in [9.17, 15) is 14.9 Å². The quantitative estimate of drug-likeness (QED) is 0.238. The van der Waals surface area contributed by atoms with Crippen LogP contribution in [0.2, 0.25) is 16.6 Å². The molecular weight excluding hydrogens is 534 g/mol. The largest absolute Gasteiger partial charge is 0.423 e. The number of piperazine rings is 1. The fourth-order valence-corrected chi connectivity index (χ4v) is 6.39. The molecule has 33 heavy (non-hydrogen) atoms. The Bertz CT molecular complexity index is 1060. The van der Waals surface area contributed by atoms with Gasteiger partial charge in [0.25, 0.3) is 0 Å². The van der Waals surface area contributed by atoms with Gasteiger partial charge in [0.05, 0.1) is 15.7 Å². The first-order valence-corrected chi connectivity index (χ1v) is 14.3. The fraction of sp³-hybridized carbons (Fsp3) is 0.550. The Labute approximate surface area is 206 Å². The lowest BCUT2D eigenvalue weighted by atomic mass is 10.1. The zero-order valence-corrected chi connectivity index (χ0v) is 22.3. The van der Waals surface area contributed by atoms with Crippen LogP contribution in [0.25, 0.3) is 10.9 Å². The van der Waals surface area contributed by atoms with Crippen molar-refractivity contribution in [1.82, 2.24) is 20.4 Å². The Morgan fingerprint density at radius 3 is 2.61 bits per heavy atom. The number of nitrogens with zero attached hydrogens (tertiary/aromatic N) is 4. The highest BCUT2D eigenvalue weighted by Gasteiger charge is 2.45. The van der Waals surface area contributed by atoms with Crippen LogP contribution in [0, 0.1) is 10.1 Å². The van der Waals surface area contributed by atoms with Crippen LogP contribution < -0.4 is 5.32 Å². The van der Waals surface area contributed by atoms with E-state index in [0.29, 0.717) is 39.1 Å². The van der Waals surface area contributed by atoms with Crippen LogP contribution in [-0.4, -0.2) is 67.4 Å². The third kappa shape index (κ3) is 5.80. The number of ether oxygens (including phenoxy) is 1. The molecule has 0 radical (unpaired) electrons. The normalized spacial score (nSPS) is 16.5. The van der Waals surface area contributed by atoms with Crippen molar-refractivity contribution in [3.8, 4) is 0 Å². The Balaban J connectivity index is 1.90. The van der Waals surface area contributed by atoms with Crippen molar-refractivity contribution >= 4 is 58.7 Å². The van der Waals surface area contributed by atoms with Gasteiger partial charge in [-0.25, -0.2) is 4.79 Å². The van der Waals surface area contributed by atoms with Gasteiger partial charge in [-0.2, -0.15) is 0 Å². The molecule has 2 aromatic rings. The molecule has 1 N–H and O–H groups in total. The van der Waals surface area contributed by atoms with Crippen molar-refractivity contribution in [2.45, 2.75) is 38.4 Å². The van der Waals surface area contributed by atoms with Gasteiger partial charge in [-0.1, -0.05) is 32.4 Å². The summed E-state index contributed by atoms with van der Waals surface area (Å²) >= 11 is 9.65. The van der Waals surface area contributed by atoms with E-state index in [2.05, 4.69) is 31.4 Å². The third-order valence-electron chi connectivity index (χ3n) is 6.09. The van der Waals surface area contributed by atoms with Crippen LogP contribution in [0.4, 0.5) is 10.6 Å². The smallest absolute Gasteiger partial charge is 0.411 e. The molecule has 0 aliphatic carbocycles. The molecule has 0 saturated carbocycles. The molecule has 13 heteroatoms. The number of hydrogen-bond acceptors (Lipinski definition) is 8. The summed E-state index contributed by atoms with van der Waals surface area (Å²) in [6.07, 6.45) is -0.430. The monoisotopic (exact) mass is 559 g/mol. The number of benzene rings is 1. The zero-order valence-electron chi connectivity index (χ0n) is 19.0. The maximum absolute atomic E-state index is 12.4. The molecule has 1 aromatic carbocycles. The Morgan fingerprint density at radius 2 is 2.00 bits per heavy atom. The average molecular weight is 561 g/mol. The first-order chi connectivity index (χ1) is 15.4. The zero-order chi connectivity index (χ0) is 24.4. The number of carbonyl (C=O) groups excluding carboxylic acids is 1. The van der Waals surface area contributed by atoms with Gasteiger partial charge in [0.15, 0.2) is 6.79 Å². The van der Waals surface area contributed by atoms with Crippen molar-refractivity contribution in [3.05, 3.63) is 37.3 Å². The van der Waals surface area contributed by atoms with E-state index in [0.717, 1.165) is 13.1 Å². The van der Waals surface area contributed by atoms with Gasteiger partial charge in [-0.3, -0.25) is 0 Å². The topological polar surface area (TPSA) is 120 Å². The lowest BCUT2D eigenvalue weighted by molar-refractivity contribution is -0.390. The molecule has 1 amide bonds. The highest BCUT2D eigenvalue weighted by molar-refractivity contribution is 9.10. The Morgan fingerprint density at radius 1 is 1.33 bits per heavy atom. The first kappa shape index (κ1) is 25.8. The van der Waals surface area contributed by atoms with Gasteiger partial charge in [-0.15, -0.1) is 0 Å². The summed E-state index contributed by atoms with van der Waals surface area (Å²) in [6.45, 7) is 10.4. The summed E-state index contributed by atoms with van der Waals surface area (Å²) in [5.41, 5.74) is 0.902. The lowest BCUT2D eigenvalue weighted by Gasteiger charge is -2.39. The molecule has 0 spiro atoms. The summed E-state index contributed by atoms with van der Waals surface area (Å²) in [4.78, 5) is 25.2. The van der Waals surface area contributed by atoms with Crippen LogP contribution in [0.15, 0.2) is 16.6 Å². The summed E-state index contributed by atoms with van der Waals surface area (Å²) in [7, 11) is -2.77. The fourth-order valence-electron chi connectivity index (χ4n) is 3.48. The van der Waals surface area contributed by atoms with E-state index in [4.69, 9.17) is 20.8 Å². The van der Waals surface area contributed by atoms with Crippen molar-refractivity contribution in [2.75, 3.05) is 33.0 Å². The number of aromatic nitrogens is 2. The standard InChI is InChI=1S/C20H27BrClN5O5Si/c1-20(2,3)33(4,32-12-31-19(28)26-7-5-23-6-8-26)11-14-13-9-16(22)15(21)10-17(13)24-25-18(14)27(29)30/h9-10,23H,5-8,11-12H2,1-4H3. The SMILES string of the molecule is CC(C)(C)[Si](C)(Cc1c([N+](=O)[O-])nnc2cc(Br)c(Cl)cc12)OCOC(=O)N1CCNCC1. The number of nitrogens with one attached hydrogen (secondary N) is 1. The number of halogens is 2. The average Bonchev–Trinajstić information content (AvgIpc) is 2.74. The van der Waals surface area contributed by atoms with Crippen molar-refractivity contribution in [3.63, 3.8) is 0 Å². The van der Waals surface area contributed by atoms with E-state index in [1.54, 1.807) is 17.0 Å². The maximum Gasteiger partial charge on any atom is 0.411 e. The minimum absolute atomic E-state index is 0.223. The first-order valence-electron chi connectivity index (χ1n) is 10.5. The molecule has 180 valence electrons. The van der Waals surface area contributed by atoms with Gasteiger partial charge in [0.1, 0.15) is 5.52 Å². The van der Waals surface area contributed by atoms with Crippen LogP contribution in [0.5, 0.6) is 0 Å². The van der Waals surface area contributed by atoms with E-state index in [1.807, 2.05) is 27.3 Å². The van der Waals surface area contributed by atoms with E-state index in [1.165, 1.54) is 0 Å². The molecule has 10 nitrogen and oxygen atoms in total. The van der Waals surface area contributed by atoms with E-state index in [-0.39, 0.29) is 23.7 Å². The lowest BCUT2D eigenvalue weighted by Crippen LogP contribution is -2.49. The predicted molar refractivity (Wildman–Crippen MR) is 131 cm³/mol. The molecule has 1 aliphatic rings. The second kappa shape index (κ2) is 10.2. The molecule has 1 aromatic heterocycles. The van der Waals surface area contributed by atoms with Gasteiger partial charge >= 0.3 is 11.9 Å². The number of rotatable bonds is 6. The molecule has 1 atom stereocenters. The molecule has 2 heterocycles. The minimum atomic E-state index is -2.77. The van der Waals surface area contributed by atoms with Crippen LogP contribution in [-0.2, 0) is 15.2 Å². The van der Waals surface area contributed by atoms with Gasteiger partial charge in [-0.05, 0) is 49.7 Å². The minimum Gasteiger partial charge on any atom is -0.423 e. The van der Waals surface area contributed by atoms with Gasteiger partial charge in [0.2, 0.25) is 8.32 Å². The molecule has 1 unspecified atom stereocenters. The van der Waals surface area contributed by atoms with Crippen LogP contribution in [0.3, 0.4) is 0 Å². The Kier molecular flexibility index (Phi) is 7.94. The summed E-state index contributed by atoms with van der Waals surface area (Å²) in [6, 6.07) is 3.60. The number of amides is 1. The summed E-state index contributed by atoms with van der Waals surface area (Å²) in [5.74, 6) is -0.328. The number of hydrogen-bond donors (Lipinski definition) is 1. The number of nitro groups is 1. The number of carbonyl (C=O) groups is 1. The number of fused-ring (bicyclic) bond motifs is 1. The van der Waals surface area contributed by atoms with E-state index >= 15 is 0 Å². The predicted octanol–water partition coefficient (Wildman–Crippen LogP) is 4.43. The molecule has 1 saturated heterocycles. The van der Waals surface area contributed by atoms with Gasteiger partial charge in [0, 0.05) is 42.1 Å². The van der Waals surface area contributed by atoms with Crippen LogP contribution in [0.1, 0.15) is 26.3 Å². The highest BCUT2D eigenvalue weighted by atomic mass is 79.9. The second-order valence-corrected chi connectivity index (χ2v) is 15.0. The maximum atomic E-state index is 12.4. The molecule has 1 aliphatic heterocycles. The summed E-state index contributed by atoms with van der Waals surface area (Å²) < 4.78 is 12.3. The van der Waals surface area contributed by atoms with Crippen molar-refractivity contribution in [1.29, 1.82) is 0 Å². The van der Waals surface area contributed by atoms with Gasteiger partial charge < -0.3 is 29.5 Å². The second-order valence-electron chi connectivity index (χ2n) is 9.11. The molecule has 0 bridgehead atoms. The molecular formula is C20H27BrClN5O5Si. The van der Waals surface area contributed by atoms with Crippen molar-refractivity contribution in [2.24, 2.45) is 0 Å². The molecule has 1 fully saturated rings. The summed E-state index contributed by atoms with van der Waals surface area (Å²) in [5, 5.41) is 23.5. The molecule has 3 rings (SSSR count). The van der Waals surface area contributed by atoms with E-state index < -0.39 is 19.3 Å².